The Labute approximate surface area is 184 Å². The molecule has 0 radical (unpaired) electrons. The minimum atomic E-state index is -1.27. The molecule has 2 heterocycles. The number of ketones is 2. The number of carbonyl (C=O) groups excluding carboxylic acids is 3. The smallest absolute Gasteiger partial charge is 0.297 e. The fraction of sp³-hybridized carbons (Fsp3) is 0.250. The van der Waals surface area contributed by atoms with Gasteiger partial charge in [0.25, 0.3) is 5.91 Å². The molecule has 0 spiro atoms. The molecule has 2 aromatic carbocycles. The highest BCUT2D eigenvalue weighted by atomic mass is 16.5. The van der Waals surface area contributed by atoms with Crippen LogP contribution in [0.4, 0.5) is 5.82 Å². The zero-order chi connectivity index (χ0) is 22.8. The number of methoxy groups -OCH3 is 1. The summed E-state index contributed by atoms with van der Waals surface area (Å²) in [6, 6.07) is 14.1. The standard InChI is InChI=1S/C24H22N2O6/c1-4-31-16-11-9-15(10-12-16)22(27)20-21(17-7-5-6-8-18(17)30-3)26(24(29)23(20)28)19-13-14(2)32-25-19/h5-13,20-21H,4H2,1-3H3. The lowest BCUT2D eigenvalue weighted by Crippen LogP contribution is -2.31. The molecule has 1 saturated heterocycles. The predicted molar refractivity (Wildman–Crippen MR) is 115 cm³/mol. The summed E-state index contributed by atoms with van der Waals surface area (Å²) in [5, 5.41) is 3.92. The van der Waals surface area contributed by atoms with Crippen molar-refractivity contribution in [3.05, 3.63) is 71.5 Å². The van der Waals surface area contributed by atoms with Gasteiger partial charge in [-0.1, -0.05) is 23.4 Å². The van der Waals surface area contributed by atoms with Crippen LogP contribution >= 0.6 is 0 Å². The molecule has 8 nitrogen and oxygen atoms in total. The number of rotatable bonds is 7. The van der Waals surface area contributed by atoms with Gasteiger partial charge >= 0.3 is 0 Å². The summed E-state index contributed by atoms with van der Waals surface area (Å²) in [5.74, 6) is -1.66. The van der Waals surface area contributed by atoms with Gasteiger partial charge in [0.1, 0.15) is 23.2 Å². The normalized spacial score (nSPS) is 18.2. The monoisotopic (exact) mass is 434 g/mol. The van der Waals surface area contributed by atoms with E-state index in [2.05, 4.69) is 5.16 Å². The molecule has 3 aromatic rings. The Bertz CT molecular complexity index is 1170. The van der Waals surface area contributed by atoms with Gasteiger partial charge in [-0.2, -0.15) is 0 Å². The van der Waals surface area contributed by atoms with Crippen molar-refractivity contribution in [3.8, 4) is 11.5 Å². The van der Waals surface area contributed by atoms with Gasteiger partial charge in [0, 0.05) is 17.2 Å². The van der Waals surface area contributed by atoms with Gasteiger partial charge < -0.3 is 14.0 Å². The van der Waals surface area contributed by atoms with Crippen LogP contribution in [0.15, 0.2) is 59.1 Å². The van der Waals surface area contributed by atoms with Crippen molar-refractivity contribution < 1.29 is 28.4 Å². The summed E-state index contributed by atoms with van der Waals surface area (Å²) in [5.41, 5.74) is 0.830. The number of ether oxygens (including phenoxy) is 2. The first-order chi connectivity index (χ1) is 15.5. The predicted octanol–water partition coefficient (Wildman–Crippen LogP) is 3.55. The molecular formula is C24H22N2O6. The van der Waals surface area contributed by atoms with E-state index in [1.54, 1.807) is 61.5 Å². The van der Waals surface area contributed by atoms with Gasteiger partial charge in [0.15, 0.2) is 11.6 Å². The van der Waals surface area contributed by atoms with Gasteiger partial charge in [-0.25, -0.2) is 0 Å². The number of aromatic nitrogens is 1. The molecule has 0 saturated carbocycles. The van der Waals surface area contributed by atoms with Crippen molar-refractivity contribution >= 4 is 23.3 Å². The topological polar surface area (TPSA) is 98.9 Å². The van der Waals surface area contributed by atoms with Crippen LogP contribution in [0, 0.1) is 12.8 Å². The SMILES string of the molecule is CCOc1ccc(C(=O)C2C(=O)C(=O)N(c3cc(C)on3)C2c2ccccc2OC)cc1. The number of amides is 1. The zero-order valence-corrected chi connectivity index (χ0v) is 17.9. The molecule has 2 atom stereocenters. The molecule has 0 bridgehead atoms. The van der Waals surface area contributed by atoms with Crippen LogP contribution in [0.2, 0.25) is 0 Å². The molecule has 0 N–H and O–H groups in total. The fourth-order valence-electron chi connectivity index (χ4n) is 3.94. The maximum Gasteiger partial charge on any atom is 0.297 e. The molecule has 0 aliphatic carbocycles. The summed E-state index contributed by atoms with van der Waals surface area (Å²) in [7, 11) is 1.49. The van der Waals surface area contributed by atoms with E-state index in [0.717, 1.165) is 0 Å². The van der Waals surface area contributed by atoms with Gasteiger partial charge in [0.05, 0.1) is 19.8 Å². The van der Waals surface area contributed by atoms with E-state index >= 15 is 0 Å². The number of carbonyl (C=O) groups is 3. The summed E-state index contributed by atoms with van der Waals surface area (Å²) >= 11 is 0. The van der Waals surface area contributed by atoms with Gasteiger partial charge in [-0.15, -0.1) is 0 Å². The Hall–Kier alpha value is -3.94. The molecule has 1 aliphatic rings. The van der Waals surface area contributed by atoms with Crippen LogP contribution in [0.3, 0.4) is 0 Å². The Morgan fingerprint density at radius 2 is 1.84 bits per heavy atom. The lowest BCUT2D eigenvalue weighted by molar-refractivity contribution is -0.135. The molecule has 1 fully saturated rings. The number of nitrogens with zero attached hydrogens (tertiary/aromatic N) is 2. The molecule has 4 rings (SSSR count). The van der Waals surface area contributed by atoms with Crippen LogP contribution in [-0.2, 0) is 9.59 Å². The second-order valence-corrected chi connectivity index (χ2v) is 7.32. The summed E-state index contributed by atoms with van der Waals surface area (Å²) in [6.45, 7) is 4.03. The van der Waals surface area contributed by atoms with E-state index in [-0.39, 0.29) is 5.82 Å². The zero-order valence-electron chi connectivity index (χ0n) is 17.9. The minimum Gasteiger partial charge on any atom is -0.496 e. The molecule has 164 valence electrons. The summed E-state index contributed by atoms with van der Waals surface area (Å²) in [6.07, 6.45) is 0. The van der Waals surface area contributed by atoms with Crippen LogP contribution in [0.25, 0.3) is 0 Å². The van der Waals surface area contributed by atoms with Crippen molar-refractivity contribution in [2.75, 3.05) is 18.6 Å². The first kappa shape index (κ1) is 21.3. The van der Waals surface area contributed by atoms with Crippen LogP contribution in [0.5, 0.6) is 11.5 Å². The molecule has 8 heteroatoms. The van der Waals surface area contributed by atoms with E-state index in [1.165, 1.54) is 12.0 Å². The number of aryl methyl sites for hydroxylation is 1. The average molecular weight is 434 g/mol. The van der Waals surface area contributed by atoms with E-state index in [1.807, 2.05) is 6.92 Å². The minimum absolute atomic E-state index is 0.166. The Kier molecular flexibility index (Phi) is 5.77. The third kappa shape index (κ3) is 3.64. The highest BCUT2D eigenvalue weighted by Gasteiger charge is 2.53. The van der Waals surface area contributed by atoms with E-state index in [4.69, 9.17) is 14.0 Å². The molecule has 1 aliphatic heterocycles. The number of anilines is 1. The van der Waals surface area contributed by atoms with Gasteiger partial charge in [0.2, 0.25) is 5.78 Å². The second kappa shape index (κ2) is 8.66. The Balaban J connectivity index is 1.82. The van der Waals surface area contributed by atoms with Crippen molar-refractivity contribution in [2.24, 2.45) is 5.92 Å². The molecular weight excluding hydrogens is 412 g/mol. The largest absolute Gasteiger partial charge is 0.496 e. The second-order valence-electron chi connectivity index (χ2n) is 7.32. The van der Waals surface area contributed by atoms with Gasteiger partial charge in [-0.05, 0) is 44.2 Å². The first-order valence-corrected chi connectivity index (χ1v) is 10.2. The van der Waals surface area contributed by atoms with E-state index < -0.39 is 29.4 Å². The van der Waals surface area contributed by atoms with Crippen LogP contribution in [-0.4, -0.2) is 36.3 Å². The summed E-state index contributed by atoms with van der Waals surface area (Å²) in [4.78, 5) is 40.9. The van der Waals surface area contributed by atoms with Crippen molar-refractivity contribution in [3.63, 3.8) is 0 Å². The van der Waals surface area contributed by atoms with Crippen LogP contribution < -0.4 is 14.4 Å². The van der Waals surface area contributed by atoms with Crippen molar-refractivity contribution in [1.29, 1.82) is 0 Å². The lowest BCUT2D eigenvalue weighted by atomic mass is 9.86. The first-order valence-electron chi connectivity index (χ1n) is 10.2. The third-order valence-electron chi connectivity index (χ3n) is 5.36. The molecule has 1 aromatic heterocycles. The number of Topliss-reactive ketones (excluding diaryl/α,β-unsaturated/α-hetero) is 2. The molecule has 1 amide bonds. The Morgan fingerprint density at radius 1 is 1.12 bits per heavy atom. The molecule has 32 heavy (non-hydrogen) atoms. The third-order valence-corrected chi connectivity index (χ3v) is 5.36. The fourth-order valence-corrected chi connectivity index (χ4v) is 3.94. The maximum absolute atomic E-state index is 13.5. The highest BCUT2D eigenvalue weighted by molar-refractivity contribution is 6.48. The van der Waals surface area contributed by atoms with Crippen molar-refractivity contribution in [2.45, 2.75) is 19.9 Å². The average Bonchev–Trinajstić information content (AvgIpc) is 3.34. The molecule has 2 unspecified atom stereocenters. The van der Waals surface area contributed by atoms with Crippen LogP contribution in [0.1, 0.15) is 34.6 Å². The number of hydrogen-bond donors (Lipinski definition) is 0. The van der Waals surface area contributed by atoms with E-state index in [0.29, 0.717) is 35.0 Å². The number of hydrogen-bond acceptors (Lipinski definition) is 7. The highest BCUT2D eigenvalue weighted by Crippen LogP contribution is 2.43. The maximum atomic E-state index is 13.5. The Morgan fingerprint density at radius 3 is 2.47 bits per heavy atom. The summed E-state index contributed by atoms with van der Waals surface area (Å²) < 4.78 is 16.0. The number of para-hydroxylation sites is 1. The van der Waals surface area contributed by atoms with E-state index in [9.17, 15) is 14.4 Å². The van der Waals surface area contributed by atoms with Crippen molar-refractivity contribution in [1.82, 2.24) is 5.16 Å². The van der Waals surface area contributed by atoms with Gasteiger partial charge in [-0.3, -0.25) is 19.3 Å². The lowest BCUT2D eigenvalue weighted by Gasteiger charge is -2.26. The number of benzene rings is 2. The quantitative estimate of drug-likeness (QED) is 0.319.